The Balaban J connectivity index is 3.07. The molecule has 0 aliphatic heterocycles. The first-order valence-corrected chi connectivity index (χ1v) is 3.49. The van der Waals surface area contributed by atoms with Crippen LogP contribution < -0.4 is 0 Å². The summed E-state index contributed by atoms with van der Waals surface area (Å²) in [6.07, 6.45) is 1.60. The second-order valence-electron chi connectivity index (χ2n) is 1.81. The van der Waals surface area contributed by atoms with E-state index in [4.69, 9.17) is 5.11 Å². The van der Waals surface area contributed by atoms with Gasteiger partial charge < -0.3 is 5.11 Å². The predicted molar refractivity (Wildman–Crippen MR) is 43.6 cm³/mol. The largest absolute Gasteiger partial charge is 0.508 e. The summed E-state index contributed by atoms with van der Waals surface area (Å²) in [6, 6.07) is 3.38. The monoisotopic (exact) mass is 199 g/mol. The lowest BCUT2D eigenvalue weighted by atomic mass is 10.2. The Morgan fingerprint density at radius 3 is 2.80 bits per heavy atom. The molecule has 1 rings (SSSR count). The molecule has 0 radical (unpaired) electrons. The summed E-state index contributed by atoms with van der Waals surface area (Å²) in [5, 5.41) is 8.91. The third-order valence-corrected chi connectivity index (χ3v) is 1.49. The van der Waals surface area contributed by atoms with E-state index in [1.54, 1.807) is 18.3 Å². The Morgan fingerprint density at radius 2 is 2.40 bits per heavy atom. The van der Waals surface area contributed by atoms with Crippen LogP contribution in [0.3, 0.4) is 0 Å². The number of nitrogens with zero attached hydrogens (tertiary/aromatic N) is 1. The molecule has 0 saturated carbocycles. The summed E-state index contributed by atoms with van der Waals surface area (Å²) in [7, 11) is 0. The van der Waals surface area contributed by atoms with Gasteiger partial charge >= 0.3 is 0 Å². The van der Waals surface area contributed by atoms with Crippen LogP contribution in [0, 0.1) is 0 Å². The summed E-state index contributed by atoms with van der Waals surface area (Å²) in [5.41, 5.74) is 0.682. The zero-order valence-corrected chi connectivity index (χ0v) is 6.80. The second-order valence-corrected chi connectivity index (χ2v) is 2.63. The first-order chi connectivity index (χ1) is 4.70. The highest BCUT2D eigenvalue weighted by atomic mass is 79.9. The molecular weight excluding hydrogens is 194 g/mol. The molecule has 0 bridgehead atoms. The number of aromatic nitrogens is 1. The fourth-order valence-corrected chi connectivity index (χ4v) is 0.947. The van der Waals surface area contributed by atoms with Crippen molar-refractivity contribution in [2.75, 3.05) is 0 Å². The highest BCUT2D eigenvalue weighted by molar-refractivity contribution is 9.10. The van der Waals surface area contributed by atoms with E-state index in [0.717, 1.165) is 0 Å². The topological polar surface area (TPSA) is 33.1 Å². The molecule has 1 heterocycles. The van der Waals surface area contributed by atoms with E-state index in [1.165, 1.54) is 0 Å². The number of rotatable bonds is 1. The van der Waals surface area contributed by atoms with Gasteiger partial charge in [-0.3, -0.25) is 0 Å². The molecule has 0 aliphatic rings. The number of pyridine rings is 1. The average Bonchev–Trinajstić information content (AvgIpc) is 1.88. The van der Waals surface area contributed by atoms with Crippen molar-refractivity contribution < 1.29 is 5.11 Å². The maximum Gasteiger partial charge on any atom is 0.115 e. The summed E-state index contributed by atoms with van der Waals surface area (Å²) in [5.74, 6) is 0.0584. The molecule has 0 unspecified atom stereocenters. The van der Waals surface area contributed by atoms with Crippen molar-refractivity contribution in [3.05, 3.63) is 35.1 Å². The smallest absolute Gasteiger partial charge is 0.115 e. The number of aliphatic hydroxyl groups excluding tert-OH is 1. The number of hydrogen-bond donors (Lipinski definition) is 1. The molecule has 2 nitrogen and oxygen atoms in total. The van der Waals surface area contributed by atoms with Gasteiger partial charge in [0.25, 0.3) is 0 Å². The minimum Gasteiger partial charge on any atom is -0.508 e. The summed E-state index contributed by atoms with van der Waals surface area (Å²) >= 11 is 3.17. The van der Waals surface area contributed by atoms with Gasteiger partial charge in [0, 0.05) is 11.8 Å². The van der Waals surface area contributed by atoms with E-state index < -0.39 is 0 Å². The zero-order valence-electron chi connectivity index (χ0n) is 5.21. The van der Waals surface area contributed by atoms with Crippen molar-refractivity contribution in [3.63, 3.8) is 0 Å². The van der Waals surface area contributed by atoms with Crippen LogP contribution in [0.15, 0.2) is 29.5 Å². The Labute approximate surface area is 67.4 Å². The van der Waals surface area contributed by atoms with E-state index in [1.807, 2.05) is 0 Å². The quantitative estimate of drug-likeness (QED) is 0.557. The lowest BCUT2D eigenvalue weighted by molar-refractivity contribution is 0.513. The number of aliphatic hydroxyl groups is 1. The van der Waals surface area contributed by atoms with Crippen LogP contribution in [0.4, 0.5) is 0 Å². The Bertz CT molecular complexity index is 260. The van der Waals surface area contributed by atoms with Crippen LogP contribution in [0.25, 0.3) is 5.76 Å². The molecule has 0 aliphatic carbocycles. The molecule has 1 N–H and O–H groups in total. The Kier molecular flexibility index (Phi) is 2.06. The van der Waals surface area contributed by atoms with Gasteiger partial charge in [-0.2, -0.15) is 0 Å². The zero-order chi connectivity index (χ0) is 7.56. The SMILES string of the molecule is C=C(O)c1ccnc(Br)c1. The maximum atomic E-state index is 8.91. The van der Waals surface area contributed by atoms with E-state index in [9.17, 15) is 0 Å². The highest BCUT2D eigenvalue weighted by Gasteiger charge is 1.95. The molecule has 0 fully saturated rings. The van der Waals surface area contributed by atoms with E-state index in [0.29, 0.717) is 10.2 Å². The lowest BCUT2D eigenvalue weighted by Gasteiger charge is -1.96. The third-order valence-electron chi connectivity index (χ3n) is 1.06. The molecule has 0 atom stereocenters. The van der Waals surface area contributed by atoms with Gasteiger partial charge in [0.2, 0.25) is 0 Å². The van der Waals surface area contributed by atoms with Gasteiger partial charge in [-0.25, -0.2) is 4.98 Å². The van der Waals surface area contributed by atoms with Crippen molar-refractivity contribution in [1.29, 1.82) is 0 Å². The maximum absolute atomic E-state index is 8.91. The molecule has 52 valence electrons. The van der Waals surface area contributed by atoms with Gasteiger partial charge in [0.15, 0.2) is 0 Å². The molecule has 10 heavy (non-hydrogen) atoms. The van der Waals surface area contributed by atoms with E-state index in [2.05, 4.69) is 27.5 Å². The predicted octanol–water partition coefficient (Wildman–Crippen LogP) is 2.37. The molecule has 0 aromatic carbocycles. The fraction of sp³-hybridized carbons (Fsp3) is 0. The van der Waals surface area contributed by atoms with Gasteiger partial charge in [0.05, 0.1) is 0 Å². The second kappa shape index (κ2) is 2.84. The standard InChI is InChI=1S/C7H6BrNO/c1-5(10)6-2-3-9-7(8)4-6/h2-4,10H,1H2. The van der Waals surface area contributed by atoms with Crippen LogP contribution in [-0.4, -0.2) is 10.1 Å². The molecule has 3 heteroatoms. The minimum atomic E-state index is 0.0584. The van der Waals surface area contributed by atoms with Gasteiger partial charge in [-0.15, -0.1) is 0 Å². The summed E-state index contributed by atoms with van der Waals surface area (Å²) in [6.45, 7) is 3.37. The first-order valence-electron chi connectivity index (χ1n) is 2.70. The van der Waals surface area contributed by atoms with Crippen molar-refractivity contribution in [1.82, 2.24) is 4.98 Å². The average molecular weight is 200 g/mol. The van der Waals surface area contributed by atoms with E-state index in [-0.39, 0.29) is 5.76 Å². The Hall–Kier alpha value is -0.830. The molecular formula is C7H6BrNO. The van der Waals surface area contributed by atoms with Gasteiger partial charge in [0.1, 0.15) is 10.4 Å². The van der Waals surface area contributed by atoms with Crippen LogP contribution in [0.5, 0.6) is 0 Å². The van der Waals surface area contributed by atoms with Crippen LogP contribution in [0.2, 0.25) is 0 Å². The fourth-order valence-electron chi connectivity index (χ4n) is 0.582. The Morgan fingerprint density at radius 1 is 1.70 bits per heavy atom. The van der Waals surface area contributed by atoms with Gasteiger partial charge in [-0.05, 0) is 28.1 Å². The number of halogens is 1. The minimum absolute atomic E-state index is 0.0584. The van der Waals surface area contributed by atoms with Gasteiger partial charge in [-0.1, -0.05) is 6.58 Å². The normalized spacial score (nSPS) is 9.30. The lowest BCUT2D eigenvalue weighted by Crippen LogP contribution is -1.81. The van der Waals surface area contributed by atoms with Crippen molar-refractivity contribution in [2.45, 2.75) is 0 Å². The molecule has 1 aromatic rings. The molecule has 0 amide bonds. The number of hydrogen-bond acceptors (Lipinski definition) is 2. The highest BCUT2D eigenvalue weighted by Crippen LogP contribution is 2.12. The van der Waals surface area contributed by atoms with Crippen molar-refractivity contribution in [3.8, 4) is 0 Å². The third kappa shape index (κ3) is 1.57. The summed E-state index contributed by atoms with van der Waals surface area (Å²) in [4.78, 5) is 3.89. The van der Waals surface area contributed by atoms with Crippen LogP contribution in [-0.2, 0) is 0 Å². The van der Waals surface area contributed by atoms with E-state index >= 15 is 0 Å². The van der Waals surface area contributed by atoms with Crippen LogP contribution >= 0.6 is 15.9 Å². The first kappa shape index (κ1) is 7.28. The van der Waals surface area contributed by atoms with Crippen molar-refractivity contribution in [2.24, 2.45) is 0 Å². The van der Waals surface area contributed by atoms with Crippen LogP contribution in [0.1, 0.15) is 5.56 Å². The van der Waals surface area contributed by atoms with Crippen molar-refractivity contribution >= 4 is 21.7 Å². The molecule has 0 saturated heterocycles. The summed E-state index contributed by atoms with van der Waals surface area (Å²) < 4.78 is 0.695. The molecule has 1 aromatic heterocycles. The molecule has 0 spiro atoms.